The fourth-order valence-electron chi connectivity index (χ4n) is 3.93. The zero-order valence-electron chi connectivity index (χ0n) is 17.1. The molecule has 1 aromatic carbocycles. The molecule has 0 spiro atoms. The highest BCUT2D eigenvalue weighted by atomic mass is 19.1. The fraction of sp³-hybridized carbons (Fsp3) is 0.273. The van der Waals surface area contributed by atoms with Crippen molar-refractivity contribution in [1.82, 2.24) is 15.2 Å². The summed E-state index contributed by atoms with van der Waals surface area (Å²) in [5, 5.41) is 11.1. The Morgan fingerprint density at radius 2 is 2.00 bits per heavy atom. The van der Waals surface area contributed by atoms with E-state index in [1.54, 1.807) is 6.07 Å². The lowest BCUT2D eigenvalue weighted by molar-refractivity contribution is 0.0963. The minimum absolute atomic E-state index is 0.0120. The van der Waals surface area contributed by atoms with Crippen LogP contribution < -0.4 is 15.8 Å². The van der Waals surface area contributed by atoms with Crippen LogP contribution in [0.1, 0.15) is 28.9 Å². The van der Waals surface area contributed by atoms with E-state index < -0.39 is 29.1 Å². The van der Waals surface area contributed by atoms with Crippen LogP contribution >= 0.6 is 0 Å². The van der Waals surface area contributed by atoms with E-state index in [1.165, 1.54) is 37.6 Å². The number of carbonyl (C=O) groups is 1. The van der Waals surface area contributed by atoms with Crippen LogP contribution in [0.5, 0.6) is 5.75 Å². The van der Waals surface area contributed by atoms with Gasteiger partial charge in [0.2, 0.25) is 0 Å². The lowest BCUT2D eigenvalue weighted by atomic mass is 9.65. The number of hydrogen-bond acceptors (Lipinski definition) is 6. The molecule has 1 aliphatic rings. The number of halogens is 3. The fourth-order valence-corrected chi connectivity index (χ4v) is 3.93. The number of primary amides is 1. The number of alkyl halides is 1. The van der Waals surface area contributed by atoms with E-state index in [-0.39, 0.29) is 47.7 Å². The number of rotatable bonds is 7. The summed E-state index contributed by atoms with van der Waals surface area (Å²) in [4.78, 5) is 15.7. The molecule has 1 saturated carbocycles. The Balaban J connectivity index is 1.54. The standard InChI is InChI=1S/C22H20F3N5O2/c1-32-18-8-16(25)13(7-14(18)21(26)31)17-4-5-19(30-29-17)28-11-22(9-12(23)10-22)20-15(24)3-2-6-27-20/h2-8,12H,9-11H2,1H3,(H2,26,31)(H,28,30)/t12-,22-. The van der Waals surface area contributed by atoms with Crippen molar-refractivity contribution in [3.8, 4) is 17.0 Å². The third-order valence-corrected chi connectivity index (χ3v) is 5.59. The van der Waals surface area contributed by atoms with Crippen molar-refractivity contribution in [2.24, 2.45) is 5.73 Å². The molecule has 0 bridgehead atoms. The van der Waals surface area contributed by atoms with Gasteiger partial charge in [0, 0.05) is 29.8 Å². The van der Waals surface area contributed by atoms with E-state index in [9.17, 15) is 18.0 Å². The van der Waals surface area contributed by atoms with Crippen molar-refractivity contribution < 1.29 is 22.7 Å². The van der Waals surface area contributed by atoms with Gasteiger partial charge in [0.05, 0.1) is 24.1 Å². The quantitative estimate of drug-likeness (QED) is 0.580. The number of hydrogen-bond donors (Lipinski definition) is 2. The van der Waals surface area contributed by atoms with Gasteiger partial charge in [-0.3, -0.25) is 9.78 Å². The molecule has 0 radical (unpaired) electrons. The van der Waals surface area contributed by atoms with Crippen LogP contribution in [0.15, 0.2) is 42.6 Å². The van der Waals surface area contributed by atoms with Crippen molar-refractivity contribution in [3.63, 3.8) is 0 Å². The molecule has 3 aromatic rings. The maximum atomic E-state index is 14.5. The summed E-state index contributed by atoms with van der Waals surface area (Å²) in [6.07, 6.45) is 0.743. The third kappa shape index (κ3) is 3.95. The Hall–Kier alpha value is -3.69. The van der Waals surface area contributed by atoms with Crippen molar-refractivity contribution in [1.29, 1.82) is 0 Å². The molecule has 0 aliphatic heterocycles. The second kappa shape index (κ2) is 8.45. The number of benzene rings is 1. The minimum Gasteiger partial charge on any atom is -0.496 e. The molecule has 166 valence electrons. The van der Waals surface area contributed by atoms with Crippen molar-refractivity contribution in [3.05, 3.63) is 65.5 Å². The first-order valence-electron chi connectivity index (χ1n) is 9.83. The number of amides is 1. The van der Waals surface area contributed by atoms with Gasteiger partial charge >= 0.3 is 0 Å². The van der Waals surface area contributed by atoms with Crippen LogP contribution in [-0.2, 0) is 5.41 Å². The minimum atomic E-state index is -1.02. The monoisotopic (exact) mass is 443 g/mol. The number of aromatic nitrogens is 3. The highest BCUT2D eigenvalue weighted by molar-refractivity contribution is 5.97. The second-order valence-corrected chi connectivity index (χ2v) is 7.67. The average molecular weight is 443 g/mol. The molecule has 7 nitrogen and oxygen atoms in total. The Bertz CT molecular complexity index is 1150. The molecule has 32 heavy (non-hydrogen) atoms. The Kier molecular flexibility index (Phi) is 5.68. The highest BCUT2D eigenvalue weighted by Gasteiger charge is 2.48. The van der Waals surface area contributed by atoms with Crippen LogP contribution in [0.3, 0.4) is 0 Å². The number of nitrogens with zero attached hydrogens (tertiary/aromatic N) is 3. The number of pyridine rings is 1. The average Bonchev–Trinajstić information content (AvgIpc) is 2.76. The Labute approximate surface area is 181 Å². The Morgan fingerprint density at radius 1 is 1.22 bits per heavy atom. The number of carbonyl (C=O) groups excluding carboxylic acids is 1. The van der Waals surface area contributed by atoms with Crippen molar-refractivity contribution >= 4 is 11.7 Å². The summed E-state index contributed by atoms with van der Waals surface area (Å²) in [6.45, 7) is 0.206. The summed E-state index contributed by atoms with van der Waals surface area (Å²) in [7, 11) is 1.30. The SMILES string of the molecule is COc1cc(F)c(-c2ccc(NC[C@]3(c4ncccc4F)C[C@H](F)C3)nn2)cc1C(N)=O. The Morgan fingerprint density at radius 3 is 2.59 bits per heavy atom. The normalized spacial score (nSPS) is 19.8. The molecular formula is C22H20F3N5O2. The maximum absolute atomic E-state index is 14.5. The molecule has 1 amide bonds. The van der Waals surface area contributed by atoms with Crippen LogP contribution in [0.2, 0.25) is 0 Å². The predicted molar refractivity (Wildman–Crippen MR) is 111 cm³/mol. The largest absolute Gasteiger partial charge is 0.496 e. The zero-order chi connectivity index (χ0) is 22.9. The first-order valence-corrected chi connectivity index (χ1v) is 9.83. The molecule has 1 fully saturated rings. The van der Waals surface area contributed by atoms with E-state index in [1.807, 2.05) is 0 Å². The summed E-state index contributed by atoms with van der Waals surface area (Å²) >= 11 is 0. The van der Waals surface area contributed by atoms with Gasteiger partial charge in [-0.05, 0) is 43.2 Å². The second-order valence-electron chi connectivity index (χ2n) is 7.67. The molecule has 0 atom stereocenters. The van der Waals surface area contributed by atoms with Gasteiger partial charge in [-0.1, -0.05) is 0 Å². The number of anilines is 1. The predicted octanol–water partition coefficient (Wildman–Crippen LogP) is 3.41. The molecule has 3 N–H and O–H groups in total. The number of nitrogens with two attached hydrogens (primary N) is 1. The van der Waals surface area contributed by atoms with Crippen LogP contribution in [-0.4, -0.2) is 40.9 Å². The highest BCUT2D eigenvalue weighted by Crippen LogP contribution is 2.45. The number of ether oxygens (including phenoxy) is 1. The first-order chi connectivity index (χ1) is 15.3. The van der Waals surface area contributed by atoms with Crippen LogP contribution in [0.25, 0.3) is 11.3 Å². The van der Waals surface area contributed by atoms with Crippen molar-refractivity contribution in [2.45, 2.75) is 24.4 Å². The van der Waals surface area contributed by atoms with Gasteiger partial charge in [0.25, 0.3) is 5.91 Å². The number of nitrogens with one attached hydrogen (secondary N) is 1. The summed E-state index contributed by atoms with van der Waals surface area (Å²) in [5.41, 5.74) is 4.98. The molecular weight excluding hydrogens is 423 g/mol. The van der Waals surface area contributed by atoms with Crippen LogP contribution in [0.4, 0.5) is 19.0 Å². The van der Waals surface area contributed by atoms with E-state index in [0.717, 1.165) is 6.07 Å². The molecule has 10 heteroatoms. The van der Waals surface area contributed by atoms with Gasteiger partial charge in [-0.25, -0.2) is 13.2 Å². The molecule has 2 heterocycles. The van der Waals surface area contributed by atoms with Crippen molar-refractivity contribution in [2.75, 3.05) is 19.0 Å². The third-order valence-electron chi connectivity index (χ3n) is 5.59. The van der Waals surface area contributed by atoms with Crippen LogP contribution in [0, 0.1) is 11.6 Å². The molecule has 2 aromatic heterocycles. The van der Waals surface area contributed by atoms with Gasteiger partial charge < -0.3 is 15.8 Å². The summed E-state index contributed by atoms with van der Waals surface area (Å²) < 4.78 is 47.4. The summed E-state index contributed by atoms with van der Waals surface area (Å²) in [6, 6.07) is 8.16. The van der Waals surface area contributed by atoms with E-state index in [4.69, 9.17) is 10.5 Å². The van der Waals surface area contributed by atoms with E-state index >= 15 is 0 Å². The molecule has 1 aliphatic carbocycles. The van der Waals surface area contributed by atoms with Gasteiger partial charge in [-0.2, -0.15) is 0 Å². The van der Waals surface area contributed by atoms with E-state index in [2.05, 4.69) is 20.5 Å². The lowest BCUT2D eigenvalue weighted by Crippen LogP contribution is -2.49. The molecule has 0 unspecified atom stereocenters. The van der Waals surface area contributed by atoms with Gasteiger partial charge in [0.1, 0.15) is 29.4 Å². The molecule has 4 rings (SSSR count). The van der Waals surface area contributed by atoms with Gasteiger partial charge in [0.15, 0.2) is 0 Å². The van der Waals surface area contributed by atoms with Gasteiger partial charge in [-0.15, -0.1) is 10.2 Å². The lowest BCUT2D eigenvalue weighted by Gasteiger charge is -2.44. The maximum Gasteiger partial charge on any atom is 0.252 e. The van der Waals surface area contributed by atoms with E-state index in [0.29, 0.717) is 5.82 Å². The number of methoxy groups -OCH3 is 1. The smallest absolute Gasteiger partial charge is 0.252 e. The topological polar surface area (TPSA) is 103 Å². The summed E-state index contributed by atoms with van der Waals surface area (Å²) in [5.74, 6) is -1.55. The molecule has 0 saturated heterocycles. The zero-order valence-corrected chi connectivity index (χ0v) is 17.1. The first kappa shape index (κ1) is 21.5.